The number of amides is 3. The maximum absolute atomic E-state index is 12.9. The smallest absolute Gasteiger partial charge is 0.252 e. The van der Waals surface area contributed by atoms with E-state index in [-0.39, 0.29) is 6.42 Å². The monoisotopic (exact) mass is 465 g/mol. The van der Waals surface area contributed by atoms with Crippen molar-refractivity contribution in [1.82, 2.24) is 10.6 Å². The van der Waals surface area contributed by atoms with Crippen molar-refractivity contribution in [1.29, 1.82) is 0 Å². The van der Waals surface area contributed by atoms with E-state index >= 15 is 0 Å². The van der Waals surface area contributed by atoms with E-state index in [4.69, 9.17) is 17.3 Å². The number of nitrogens with one attached hydrogen (secondary N) is 2. The third kappa shape index (κ3) is 6.41. The van der Waals surface area contributed by atoms with E-state index in [1.807, 2.05) is 0 Å². The van der Waals surface area contributed by atoms with E-state index in [1.54, 1.807) is 84.9 Å². The van der Waals surface area contributed by atoms with Crippen LogP contribution in [0, 0.1) is 0 Å². The number of aliphatic hydroxyl groups excluding tert-OH is 1. The fraction of sp³-hybridized carbons (Fsp3) is 0.160. The first-order chi connectivity index (χ1) is 15.9. The Balaban J connectivity index is 1.79. The van der Waals surface area contributed by atoms with Crippen LogP contribution in [0.3, 0.4) is 0 Å². The Bertz CT molecular complexity index is 1110. The summed E-state index contributed by atoms with van der Waals surface area (Å²) in [6.07, 6.45) is -1.63. The van der Waals surface area contributed by atoms with Crippen LogP contribution in [0.15, 0.2) is 84.9 Å². The topological polar surface area (TPSA) is 122 Å². The molecule has 7 nitrogen and oxygen atoms in total. The van der Waals surface area contributed by atoms with Crippen LogP contribution in [0.2, 0.25) is 5.02 Å². The summed E-state index contributed by atoms with van der Waals surface area (Å²) in [5, 5.41) is 16.5. The van der Waals surface area contributed by atoms with Crippen LogP contribution >= 0.6 is 11.6 Å². The number of rotatable bonds is 9. The molecule has 5 N–H and O–H groups in total. The number of halogens is 1. The highest BCUT2D eigenvalue weighted by molar-refractivity contribution is 6.31. The third-order valence-electron chi connectivity index (χ3n) is 5.11. The Morgan fingerprint density at radius 3 is 2.03 bits per heavy atom. The van der Waals surface area contributed by atoms with Crippen molar-refractivity contribution < 1.29 is 19.5 Å². The van der Waals surface area contributed by atoms with Gasteiger partial charge in [0, 0.05) is 17.0 Å². The summed E-state index contributed by atoms with van der Waals surface area (Å²) in [6.45, 7) is 0. The Hall–Kier alpha value is -3.68. The molecule has 0 aliphatic rings. The van der Waals surface area contributed by atoms with Gasteiger partial charge in [-0.2, -0.15) is 0 Å². The van der Waals surface area contributed by atoms with E-state index in [0.29, 0.717) is 21.7 Å². The van der Waals surface area contributed by atoms with Gasteiger partial charge in [0.05, 0.1) is 6.04 Å². The van der Waals surface area contributed by atoms with Crippen LogP contribution in [-0.4, -0.2) is 35.0 Å². The lowest BCUT2D eigenvalue weighted by atomic mass is 9.99. The third-order valence-corrected chi connectivity index (χ3v) is 5.48. The predicted octanol–water partition coefficient (Wildman–Crippen LogP) is 2.38. The van der Waals surface area contributed by atoms with Crippen molar-refractivity contribution in [2.24, 2.45) is 5.73 Å². The molecule has 3 aromatic rings. The largest absolute Gasteiger partial charge is 0.381 e. The quantitative estimate of drug-likeness (QED) is 0.387. The molecule has 8 heteroatoms. The Labute approximate surface area is 196 Å². The number of hydrogen-bond donors (Lipinski definition) is 4. The molecule has 0 fully saturated rings. The van der Waals surface area contributed by atoms with Crippen molar-refractivity contribution in [2.75, 3.05) is 0 Å². The molecule has 0 saturated carbocycles. The van der Waals surface area contributed by atoms with Crippen molar-refractivity contribution in [3.8, 4) is 0 Å². The number of aliphatic hydroxyl groups is 1. The van der Waals surface area contributed by atoms with E-state index in [2.05, 4.69) is 10.6 Å². The molecule has 0 radical (unpaired) electrons. The van der Waals surface area contributed by atoms with Gasteiger partial charge < -0.3 is 21.5 Å². The second kappa shape index (κ2) is 11.3. The number of benzene rings is 3. The molecule has 0 spiro atoms. The highest BCUT2D eigenvalue weighted by Gasteiger charge is 2.32. The summed E-state index contributed by atoms with van der Waals surface area (Å²) in [5.74, 6) is -2.09. The van der Waals surface area contributed by atoms with Gasteiger partial charge >= 0.3 is 0 Å². The van der Waals surface area contributed by atoms with Crippen molar-refractivity contribution in [3.63, 3.8) is 0 Å². The lowest BCUT2D eigenvalue weighted by molar-refractivity contribution is -0.134. The first-order valence-corrected chi connectivity index (χ1v) is 10.7. The van der Waals surface area contributed by atoms with Crippen LogP contribution in [0.1, 0.15) is 27.5 Å². The summed E-state index contributed by atoms with van der Waals surface area (Å²) in [5.41, 5.74) is 6.99. The minimum atomic E-state index is -1.69. The maximum atomic E-state index is 12.9. The van der Waals surface area contributed by atoms with Gasteiger partial charge in [-0.25, -0.2) is 0 Å². The Kier molecular flexibility index (Phi) is 8.18. The summed E-state index contributed by atoms with van der Waals surface area (Å²) in [6, 6.07) is 21.7. The highest BCUT2D eigenvalue weighted by Crippen LogP contribution is 2.20. The van der Waals surface area contributed by atoms with Crippen LogP contribution in [0.5, 0.6) is 0 Å². The zero-order chi connectivity index (χ0) is 23.8. The van der Waals surface area contributed by atoms with Gasteiger partial charge in [0.15, 0.2) is 6.10 Å². The molecule has 33 heavy (non-hydrogen) atoms. The lowest BCUT2D eigenvalue weighted by Crippen LogP contribution is -2.52. The van der Waals surface area contributed by atoms with Gasteiger partial charge in [0.25, 0.3) is 11.8 Å². The van der Waals surface area contributed by atoms with Crippen molar-refractivity contribution >= 4 is 29.3 Å². The molecule has 0 aromatic heterocycles. The fourth-order valence-corrected chi connectivity index (χ4v) is 3.55. The van der Waals surface area contributed by atoms with Gasteiger partial charge in [-0.15, -0.1) is 0 Å². The SMILES string of the molecule is NC(=O)[C@@H](Cc1ccccc1Cl)NC(=O)[C@H](O)[C@@H](NC(=O)c1ccccc1)c1ccccc1. The number of carbonyl (C=O) groups excluding carboxylic acids is 3. The molecule has 0 aliphatic carbocycles. The molecule has 0 aliphatic heterocycles. The van der Waals surface area contributed by atoms with E-state index in [9.17, 15) is 19.5 Å². The van der Waals surface area contributed by atoms with E-state index < -0.39 is 35.9 Å². The molecular weight excluding hydrogens is 442 g/mol. The summed E-state index contributed by atoms with van der Waals surface area (Å²) in [7, 11) is 0. The van der Waals surface area contributed by atoms with E-state index in [0.717, 1.165) is 0 Å². The molecule has 0 bridgehead atoms. The number of carbonyl (C=O) groups is 3. The van der Waals surface area contributed by atoms with Gasteiger partial charge in [0.2, 0.25) is 5.91 Å². The molecule has 0 unspecified atom stereocenters. The molecule has 3 atom stereocenters. The van der Waals surface area contributed by atoms with Gasteiger partial charge in [-0.3, -0.25) is 14.4 Å². The second-order valence-electron chi connectivity index (χ2n) is 7.43. The number of nitrogens with two attached hydrogens (primary N) is 1. The normalized spacial score (nSPS) is 13.4. The van der Waals surface area contributed by atoms with Gasteiger partial charge in [-0.1, -0.05) is 78.3 Å². The molecule has 0 saturated heterocycles. The molecule has 3 aromatic carbocycles. The Morgan fingerprint density at radius 2 is 1.42 bits per heavy atom. The second-order valence-corrected chi connectivity index (χ2v) is 7.84. The summed E-state index contributed by atoms with van der Waals surface area (Å²) in [4.78, 5) is 37.6. The number of primary amides is 1. The minimum Gasteiger partial charge on any atom is -0.381 e. The molecule has 170 valence electrons. The van der Waals surface area contributed by atoms with E-state index in [1.165, 1.54) is 0 Å². The minimum absolute atomic E-state index is 0.0554. The average Bonchev–Trinajstić information content (AvgIpc) is 2.83. The van der Waals surface area contributed by atoms with Crippen molar-refractivity contribution in [3.05, 3.63) is 107 Å². The maximum Gasteiger partial charge on any atom is 0.252 e. The summed E-state index contributed by atoms with van der Waals surface area (Å²) >= 11 is 6.16. The van der Waals surface area contributed by atoms with Gasteiger partial charge in [0.1, 0.15) is 6.04 Å². The number of hydrogen-bond acceptors (Lipinski definition) is 4. The van der Waals surface area contributed by atoms with Crippen LogP contribution in [0.25, 0.3) is 0 Å². The fourth-order valence-electron chi connectivity index (χ4n) is 3.33. The lowest BCUT2D eigenvalue weighted by Gasteiger charge is -2.26. The zero-order valence-corrected chi connectivity index (χ0v) is 18.4. The van der Waals surface area contributed by atoms with Gasteiger partial charge in [-0.05, 0) is 29.3 Å². The Morgan fingerprint density at radius 1 is 0.848 bits per heavy atom. The van der Waals surface area contributed by atoms with Crippen LogP contribution < -0.4 is 16.4 Å². The standard InChI is InChI=1S/C25H24ClN3O4/c26-19-14-8-7-13-18(19)15-20(23(27)31)28-25(33)22(30)21(16-9-3-1-4-10-16)29-24(32)17-11-5-2-6-12-17/h1-14,20-22,30H,15H2,(H2,27,31)(H,28,33)(H,29,32)/t20-,21+,22-/m1/s1. The summed E-state index contributed by atoms with van der Waals surface area (Å²) < 4.78 is 0. The predicted molar refractivity (Wildman–Crippen MR) is 125 cm³/mol. The first kappa shape index (κ1) is 24.0. The van der Waals surface area contributed by atoms with Crippen LogP contribution in [0.4, 0.5) is 0 Å². The molecule has 3 rings (SSSR count). The molecule has 0 heterocycles. The van der Waals surface area contributed by atoms with Crippen molar-refractivity contribution in [2.45, 2.75) is 24.6 Å². The average molecular weight is 466 g/mol. The highest BCUT2D eigenvalue weighted by atomic mass is 35.5. The molecular formula is C25H24ClN3O4. The van der Waals surface area contributed by atoms with Crippen LogP contribution in [-0.2, 0) is 16.0 Å². The first-order valence-electron chi connectivity index (χ1n) is 10.3. The zero-order valence-electron chi connectivity index (χ0n) is 17.6. The molecule has 3 amide bonds.